The van der Waals surface area contributed by atoms with Crippen molar-refractivity contribution < 1.29 is 0 Å². The van der Waals surface area contributed by atoms with Crippen LogP contribution < -0.4 is 10.9 Å². The van der Waals surface area contributed by atoms with Gasteiger partial charge in [0.1, 0.15) is 0 Å². The number of para-hydroxylation sites is 1. The first-order chi connectivity index (χ1) is 7.27. The van der Waals surface area contributed by atoms with Crippen LogP contribution in [0.4, 0.5) is 5.69 Å². The summed E-state index contributed by atoms with van der Waals surface area (Å²) in [4.78, 5) is 0.715. The molecule has 0 fully saturated rings. The van der Waals surface area contributed by atoms with Gasteiger partial charge in [0.05, 0.1) is 11.1 Å². The van der Waals surface area contributed by atoms with Gasteiger partial charge in [0.2, 0.25) is 0 Å². The average molecular weight is 238 g/mol. The topological polar surface area (TPSA) is 39.7 Å². The van der Waals surface area contributed by atoms with Crippen LogP contribution in [-0.4, -0.2) is 10.6 Å². The number of rotatable bonds is 2. The summed E-state index contributed by atoms with van der Waals surface area (Å²) in [6.07, 6.45) is 1.61. The number of thiol groups is 2. The zero-order valence-corrected chi connectivity index (χ0v) is 9.54. The van der Waals surface area contributed by atoms with E-state index in [1.165, 1.54) is 4.41 Å². The highest BCUT2D eigenvalue weighted by molar-refractivity contribution is 7.85. The molecule has 1 aliphatic heterocycles. The monoisotopic (exact) mass is 238 g/mol. The Bertz CT molecular complexity index is 402. The van der Waals surface area contributed by atoms with E-state index in [2.05, 4.69) is 41.4 Å². The van der Waals surface area contributed by atoms with Crippen LogP contribution in [0.25, 0.3) is 0 Å². The summed E-state index contributed by atoms with van der Waals surface area (Å²) in [5.74, 6) is 0.739. The van der Waals surface area contributed by atoms with Crippen LogP contribution in [0.3, 0.4) is 0 Å². The van der Waals surface area contributed by atoms with Gasteiger partial charge in [-0.15, -0.1) is 12.6 Å². The Morgan fingerprint density at radius 2 is 2.00 bits per heavy atom. The summed E-state index contributed by atoms with van der Waals surface area (Å²) < 4.78 is 1.47. The fourth-order valence-electron chi connectivity index (χ4n) is 1.14. The SMILES string of the molecule is SC1=C(Nc2ccccc2)N(S)NN=C1. The molecule has 0 radical (unpaired) electrons. The third-order valence-corrected chi connectivity index (χ3v) is 2.45. The Morgan fingerprint density at radius 1 is 1.27 bits per heavy atom. The number of hydrogen-bond acceptors (Lipinski definition) is 6. The second-order valence-corrected chi connectivity index (χ2v) is 3.78. The van der Waals surface area contributed by atoms with E-state index in [9.17, 15) is 0 Å². The van der Waals surface area contributed by atoms with E-state index >= 15 is 0 Å². The maximum Gasteiger partial charge on any atom is 0.153 e. The predicted octanol–water partition coefficient (Wildman–Crippen LogP) is 1.85. The molecule has 15 heavy (non-hydrogen) atoms. The van der Waals surface area contributed by atoms with Crippen molar-refractivity contribution in [1.29, 1.82) is 0 Å². The molecular weight excluding hydrogens is 228 g/mol. The van der Waals surface area contributed by atoms with Gasteiger partial charge in [-0.3, -0.25) is 0 Å². The highest BCUT2D eigenvalue weighted by Crippen LogP contribution is 2.18. The van der Waals surface area contributed by atoms with Crippen molar-refractivity contribution in [1.82, 2.24) is 9.95 Å². The van der Waals surface area contributed by atoms with Gasteiger partial charge in [0.15, 0.2) is 5.82 Å². The lowest BCUT2D eigenvalue weighted by Gasteiger charge is -2.24. The number of nitrogens with one attached hydrogen (secondary N) is 2. The lowest BCUT2D eigenvalue weighted by Crippen LogP contribution is -2.32. The standard InChI is InChI=1S/C9H10N4S2/c14-8-6-10-12-13(15)9(8)11-7-4-2-1-3-5-7/h1-6,11-12,14-15H. The van der Waals surface area contributed by atoms with Crippen LogP contribution in [0.5, 0.6) is 0 Å². The van der Waals surface area contributed by atoms with Crippen molar-refractivity contribution in [3.63, 3.8) is 0 Å². The van der Waals surface area contributed by atoms with Crippen LogP contribution in [0.15, 0.2) is 46.2 Å². The van der Waals surface area contributed by atoms with Gasteiger partial charge in [0.25, 0.3) is 0 Å². The number of nitrogens with zero attached hydrogens (tertiary/aromatic N) is 2. The number of hydrazine groups is 1. The number of anilines is 1. The lowest BCUT2D eigenvalue weighted by atomic mass is 10.3. The number of hydrazone groups is 1. The van der Waals surface area contributed by atoms with E-state index in [1.807, 2.05) is 30.3 Å². The minimum atomic E-state index is 0.715. The van der Waals surface area contributed by atoms with E-state index in [0.29, 0.717) is 4.91 Å². The highest BCUT2D eigenvalue weighted by Gasteiger charge is 2.12. The van der Waals surface area contributed by atoms with Crippen molar-refractivity contribution in [2.75, 3.05) is 5.32 Å². The number of hydrogen-bond donors (Lipinski definition) is 4. The molecule has 0 saturated heterocycles. The molecule has 2 rings (SSSR count). The van der Waals surface area contributed by atoms with Gasteiger partial charge >= 0.3 is 0 Å². The van der Waals surface area contributed by atoms with Crippen LogP contribution in [0, 0.1) is 0 Å². The van der Waals surface area contributed by atoms with Gasteiger partial charge in [-0.25, -0.2) is 5.53 Å². The molecule has 6 heteroatoms. The number of benzene rings is 1. The van der Waals surface area contributed by atoms with Crippen molar-refractivity contribution in [2.24, 2.45) is 5.10 Å². The average Bonchev–Trinajstić information content (AvgIpc) is 2.25. The first-order valence-corrected chi connectivity index (χ1v) is 5.15. The fraction of sp³-hybridized carbons (Fsp3) is 0. The van der Waals surface area contributed by atoms with E-state index < -0.39 is 0 Å². The molecule has 0 unspecified atom stereocenters. The van der Waals surface area contributed by atoms with E-state index in [-0.39, 0.29) is 0 Å². The molecule has 4 nitrogen and oxygen atoms in total. The summed E-state index contributed by atoms with van der Waals surface area (Å²) in [7, 11) is 0. The minimum absolute atomic E-state index is 0.715. The molecule has 0 saturated carbocycles. The van der Waals surface area contributed by atoms with Crippen LogP contribution in [0.2, 0.25) is 0 Å². The minimum Gasteiger partial charge on any atom is -0.339 e. The van der Waals surface area contributed by atoms with E-state index in [4.69, 9.17) is 0 Å². The van der Waals surface area contributed by atoms with Gasteiger partial charge < -0.3 is 5.32 Å². The predicted molar refractivity (Wildman–Crippen MR) is 68.5 cm³/mol. The summed E-state index contributed by atoms with van der Waals surface area (Å²) in [6, 6.07) is 9.78. The molecule has 0 atom stereocenters. The Balaban J connectivity index is 2.21. The first-order valence-electron chi connectivity index (χ1n) is 4.30. The Labute approximate surface area is 99.0 Å². The summed E-state index contributed by atoms with van der Waals surface area (Å²) in [6.45, 7) is 0. The van der Waals surface area contributed by atoms with E-state index in [0.717, 1.165) is 11.5 Å². The summed E-state index contributed by atoms with van der Waals surface area (Å²) in [5.41, 5.74) is 3.65. The van der Waals surface area contributed by atoms with Gasteiger partial charge in [-0.05, 0) is 24.9 Å². The smallest absolute Gasteiger partial charge is 0.153 e. The third-order valence-electron chi connectivity index (χ3n) is 1.83. The molecular formula is C9H10N4S2. The van der Waals surface area contributed by atoms with Crippen LogP contribution in [0.1, 0.15) is 0 Å². The molecule has 1 aromatic rings. The summed E-state index contributed by atoms with van der Waals surface area (Å²) >= 11 is 8.47. The largest absolute Gasteiger partial charge is 0.339 e. The molecule has 0 spiro atoms. The number of allylic oxidation sites excluding steroid dienone is 1. The Kier molecular flexibility index (Phi) is 3.08. The Morgan fingerprint density at radius 3 is 2.67 bits per heavy atom. The first kappa shape index (κ1) is 10.3. The second kappa shape index (κ2) is 4.50. The molecule has 0 aromatic heterocycles. The van der Waals surface area contributed by atoms with Crippen LogP contribution >= 0.6 is 25.4 Å². The third kappa shape index (κ3) is 2.40. The van der Waals surface area contributed by atoms with Crippen molar-refractivity contribution in [2.45, 2.75) is 0 Å². The molecule has 1 aromatic carbocycles. The summed E-state index contributed by atoms with van der Waals surface area (Å²) in [5, 5.41) is 7.01. The molecule has 0 aliphatic carbocycles. The van der Waals surface area contributed by atoms with E-state index in [1.54, 1.807) is 6.21 Å². The molecule has 0 bridgehead atoms. The molecule has 78 valence electrons. The van der Waals surface area contributed by atoms with Crippen LogP contribution in [-0.2, 0) is 0 Å². The maximum atomic E-state index is 4.28. The second-order valence-electron chi connectivity index (χ2n) is 2.89. The molecule has 1 aliphatic rings. The Hall–Kier alpha value is -1.27. The lowest BCUT2D eigenvalue weighted by molar-refractivity contribution is 0.441. The molecule has 1 heterocycles. The van der Waals surface area contributed by atoms with Gasteiger partial charge in [-0.1, -0.05) is 18.2 Å². The normalized spacial score (nSPS) is 15.2. The fourth-order valence-corrected chi connectivity index (χ4v) is 1.64. The van der Waals surface area contributed by atoms with Crippen molar-refractivity contribution in [3.05, 3.63) is 41.1 Å². The maximum absolute atomic E-state index is 4.28. The van der Waals surface area contributed by atoms with Crippen molar-refractivity contribution >= 4 is 37.3 Å². The zero-order valence-electron chi connectivity index (χ0n) is 7.75. The van der Waals surface area contributed by atoms with Gasteiger partial charge in [-0.2, -0.15) is 9.52 Å². The quantitative estimate of drug-likeness (QED) is 0.594. The molecule has 2 N–H and O–H groups in total. The van der Waals surface area contributed by atoms with Crippen molar-refractivity contribution in [3.8, 4) is 0 Å². The molecule has 0 amide bonds. The highest BCUT2D eigenvalue weighted by atomic mass is 32.1. The van der Waals surface area contributed by atoms with Gasteiger partial charge in [0, 0.05) is 5.69 Å². The zero-order chi connectivity index (χ0) is 10.7.